The number of sulfonamides is 1. The number of rotatable bonds is 6. The van der Waals surface area contributed by atoms with E-state index >= 15 is 0 Å². The van der Waals surface area contributed by atoms with Crippen LogP contribution in [0.15, 0.2) is 77.7 Å². The Bertz CT molecular complexity index is 1190. The van der Waals surface area contributed by atoms with Crippen LogP contribution in [-0.4, -0.2) is 19.2 Å². The summed E-state index contributed by atoms with van der Waals surface area (Å²) in [6.07, 6.45) is 0. The minimum Gasteiger partial charge on any atom is -0.316 e. The number of carbonyl (C=O) groups excluding carboxylic acids is 1. The Balaban J connectivity index is 1.85. The smallest absolute Gasteiger partial charge is 0.292 e. The number of hydrogen-bond donors (Lipinski definition) is 2. The predicted octanol–water partition coefficient (Wildman–Crippen LogP) is 3.96. The van der Waals surface area contributed by atoms with Gasteiger partial charge in [0, 0.05) is 17.3 Å². The van der Waals surface area contributed by atoms with Gasteiger partial charge in [0.25, 0.3) is 21.6 Å². The Labute approximate surface area is 167 Å². The SMILES string of the molecule is Cc1cccc(NS(=O)(=O)c2cccc(C(=O)Nc3ccccc3[N+](=O)[O-])c2)c1. The van der Waals surface area contributed by atoms with Crippen molar-refractivity contribution in [1.29, 1.82) is 0 Å². The topological polar surface area (TPSA) is 118 Å². The second-order valence-electron chi connectivity index (χ2n) is 6.23. The number of nitro benzene ring substituents is 1. The lowest BCUT2D eigenvalue weighted by atomic mass is 10.2. The second-order valence-corrected chi connectivity index (χ2v) is 7.91. The van der Waals surface area contributed by atoms with Crippen LogP contribution in [0.4, 0.5) is 17.1 Å². The summed E-state index contributed by atoms with van der Waals surface area (Å²) in [7, 11) is -3.92. The molecule has 3 aromatic carbocycles. The average Bonchev–Trinajstić information content (AvgIpc) is 2.68. The van der Waals surface area contributed by atoms with E-state index in [1.165, 1.54) is 42.5 Å². The van der Waals surface area contributed by atoms with Crippen molar-refractivity contribution in [1.82, 2.24) is 0 Å². The molecule has 0 heterocycles. The van der Waals surface area contributed by atoms with Crippen molar-refractivity contribution >= 4 is 33.0 Å². The molecule has 29 heavy (non-hydrogen) atoms. The third-order valence-corrected chi connectivity index (χ3v) is 5.40. The van der Waals surface area contributed by atoms with Gasteiger partial charge in [-0.15, -0.1) is 0 Å². The average molecular weight is 411 g/mol. The predicted molar refractivity (Wildman–Crippen MR) is 109 cm³/mol. The molecule has 8 nitrogen and oxygen atoms in total. The zero-order chi connectivity index (χ0) is 21.0. The molecule has 3 rings (SSSR count). The highest BCUT2D eigenvalue weighted by atomic mass is 32.2. The highest BCUT2D eigenvalue weighted by Crippen LogP contribution is 2.24. The highest BCUT2D eigenvalue weighted by Gasteiger charge is 2.19. The molecule has 0 fully saturated rings. The molecule has 1 amide bonds. The van der Waals surface area contributed by atoms with Crippen LogP contribution in [0.5, 0.6) is 0 Å². The van der Waals surface area contributed by atoms with Crippen LogP contribution >= 0.6 is 0 Å². The number of aryl methyl sites for hydroxylation is 1. The van der Waals surface area contributed by atoms with Gasteiger partial charge in [-0.1, -0.05) is 30.3 Å². The Hall–Kier alpha value is -3.72. The van der Waals surface area contributed by atoms with Gasteiger partial charge >= 0.3 is 0 Å². The minimum atomic E-state index is -3.92. The molecule has 0 aliphatic carbocycles. The Kier molecular flexibility index (Phi) is 5.60. The highest BCUT2D eigenvalue weighted by molar-refractivity contribution is 7.92. The molecule has 0 aliphatic heterocycles. The first-order valence-electron chi connectivity index (χ1n) is 8.50. The molecule has 9 heteroatoms. The van der Waals surface area contributed by atoms with E-state index < -0.39 is 20.9 Å². The van der Waals surface area contributed by atoms with Crippen LogP contribution in [0.2, 0.25) is 0 Å². The van der Waals surface area contributed by atoms with Crippen molar-refractivity contribution in [3.8, 4) is 0 Å². The van der Waals surface area contributed by atoms with Gasteiger partial charge in [0.15, 0.2) is 0 Å². The van der Waals surface area contributed by atoms with E-state index in [1.807, 2.05) is 13.0 Å². The molecule has 0 aromatic heterocycles. The maximum Gasteiger partial charge on any atom is 0.292 e. The number of hydrogen-bond acceptors (Lipinski definition) is 5. The molecule has 3 aromatic rings. The lowest BCUT2D eigenvalue weighted by Gasteiger charge is -2.10. The van der Waals surface area contributed by atoms with Gasteiger partial charge in [-0.25, -0.2) is 8.42 Å². The van der Waals surface area contributed by atoms with Crippen molar-refractivity contribution in [2.75, 3.05) is 10.0 Å². The molecule has 0 aliphatic rings. The van der Waals surface area contributed by atoms with E-state index in [1.54, 1.807) is 24.3 Å². The summed E-state index contributed by atoms with van der Waals surface area (Å²) in [5, 5.41) is 13.5. The van der Waals surface area contributed by atoms with E-state index in [9.17, 15) is 23.3 Å². The number of para-hydroxylation sites is 2. The third-order valence-electron chi connectivity index (χ3n) is 4.03. The van der Waals surface area contributed by atoms with Crippen LogP contribution in [0.25, 0.3) is 0 Å². The van der Waals surface area contributed by atoms with Gasteiger partial charge in [-0.3, -0.25) is 19.6 Å². The van der Waals surface area contributed by atoms with E-state index in [-0.39, 0.29) is 21.8 Å². The summed E-state index contributed by atoms with van der Waals surface area (Å²) in [5.74, 6) is -0.660. The van der Waals surface area contributed by atoms with Gasteiger partial charge in [0.1, 0.15) is 5.69 Å². The van der Waals surface area contributed by atoms with Gasteiger partial charge in [0.05, 0.1) is 9.82 Å². The molecule has 0 radical (unpaired) electrons. The van der Waals surface area contributed by atoms with E-state index in [4.69, 9.17) is 0 Å². The van der Waals surface area contributed by atoms with Crippen LogP contribution in [0.1, 0.15) is 15.9 Å². The molecular formula is C20H17N3O5S. The molecule has 2 N–H and O–H groups in total. The van der Waals surface area contributed by atoms with Crippen molar-refractivity contribution < 1.29 is 18.1 Å². The van der Waals surface area contributed by atoms with Crippen molar-refractivity contribution in [3.63, 3.8) is 0 Å². The normalized spacial score (nSPS) is 10.9. The zero-order valence-electron chi connectivity index (χ0n) is 15.3. The van der Waals surface area contributed by atoms with Crippen LogP contribution in [0.3, 0.4) is 0 Å². The fraction of sp³-hybridized carbons (Fsp3) is 0.0500. The van der Waals surface area contributed by atoms with Crippen molar-refractivity contribution in [2.45, 2.75) is 11.8 Å². The van der Waals surface area contributed by atoms with E-state index in [0.717, 1.165) is 5.56 Å². The first-order valence-corrected chi connectivity index (χ1v) is 9.99. The van der Waals surface area contributed by atoms with Crippen molar-refractivity contribution in [3.05, 3.63) is 94.0 Å². The van der Waals surface area contributed by atoms with Gasteiger partial charge in [-0.2, -0.15) is 0 Å². The number of nitrogens with one attached hydrogen (secondary N) is 2. The molecule has 0 saturated carbocycles. The first-order chi connectivity index (χ1) is 13.8. The largest absolute Gasteiger partial charge is 0.316 e. The molecule has 148 valence electrons. The van der Waals surface area contributed by atoms with Gasteiger partial charge in [0.2, 0.25) is 0 Å². The summed E-state index contributed by atoms with van der Waals surface area (Å²) in [6, 6.07) is 18.0. The first kappa shape index (κ1) is 20.0. The molecule has 0 spiro atoms. The molecule has 0 atom stereocenters. The second kappa shape index (κ2) is 8.11. The number of anilines is 2. The lowest BCUT2D eigenvalue weighted by molar-refractivity contribution is -0.383. The summed E-state index contributed by atoms with van der Waals surface area (Å²) in [4.78, 5) is 22.9. The number of nitrogens with zero attached hydrogens (tertiary/aromatic N) is 1. The monoisotopic (exact) mass is 411 g/mol. The number of carbonyl (C=O) groups is 1. The third kappa shape index (κ3) is 4.77. The molecule has 0 bridgehead atoms. The van der Waals surface area contributed by atoms with Gasteiger partial charge in [-0.05, 0) is 48.9 Å². The summed E-state index contributed by atoms with van der Waals surface area (Å²) < 4.78 is 27.8. The lowest BCUT2D eigenvalue weighted by Crippen LogP contribution is -2.16. The summed E-state index contributed by atoms with van der Waals surface area (Å²) in [5.41, 5.74) is 1.11. The van der Waals surface area contributed by atoms with Crippen molar-refractivity contribution in [2.24, 2.45) is 0 Å². The Morgan fingerprint density at radius 2 is 1.69 bits per heavy atom. The summed E-state index contributed by atoms with van der Waals surface area (Å²) in [6.45, 7) is 1.84. The number of amides is 1. The maximum absolute atomic E-state index is 12.7. The fourth-order valence-corrected chi connectivity index (χ4v) is 3.76. The number of nitro groups is 1. The maximum atomic E-state index is 12.7. The minimum absolute atomic E-state index is 0.0219. The van der Waals surface area contributed by atoms with E-state index in [0.29, 0.717) is 5.69 Å². The van der Waals surface area contributed by atoms with Crippen LogP contribution in [-0.2, 0) is 10.0 Å². The quantitative estimate of drug-likeness (QED) is 0.470. The van der Waals surface area contributed by atoms with Gasteiger partial charge < -0.3 is 5.32 Å². The standard InChI is InChI=1S/C20H17N3O5S/c1-14-6-4-8-16(12-14)22-29(27,28)17-9-5-7-15(13-17)20(24)21-18-10-2-3-11-19(18)23(25)26/h2-13,22H,1H3,(H,21,24). The number of benzene rings is 3. The van der Waals surface area contributed by atoms with E-state index in [2.05, 4.69) is 10.0 Å². The zero-order valence-corrected chi connectivity index (χ0v) is 16.1. The Morgan fingerprint density at radius 1 is 0.966 bits per heavy atom. The molecule has 0 saturated heterocycles. The fourth-order valence-electron chi connectivity index (χ4n) is 2.66. The van der Waals surface area contributed by atoms with Crippen LogP contribution in [0, 0.1) is 17.0 Å². The molecule has 0 unspecified atom stereocenters. The van der Waals surface area contributed by atoms with Crippen LogP contribution < -0.4 is 10.0 Å². The summed E-state index contributed by atoms with van der Waals surface area (Å²) >= 11 is 0. The Morgan fingerprint density at radius 3 is 2.41 bits per heavy atom. The molecular weight excluding hydrogens is 394 g/mol.